The molecule has 24 heavy (non-hydrogen) atoms. The zero-order chi connectivity index (χ0) is 17.1. The van der Waals surface area contributed by atoms with E-state index in [9.17, 15) is 18.4 Å². The summed E-state index contributed by atoms with van der Waals surface area (Å²) >= 11 is 0. The van der Waals surface area contributed by atoms with E-state index in [0.717, 1.165) is 0 Å². The number of nitrogens with one attached hydrogen (secondary N) is 2. The zero-order valence-electron chi connectivity index (χ0n) is 12.6. The minimum atomic E-state index is -0.657. The molecule has 1 saturated heterocycles. The number of carbonyl (C=O) groups excluding carboxylic acids is 2. The largest absolute Gasteiger partial charge is 0.326 e. The number of nitrogens with zero attached hydrogens (tertiary/aromatic N) is 1. The van der Waals surface area contributed by atoms with E-state index in [-0.39, 0.29) is 11.7 Å². The van der Waals surface area contributed by atoms with Gasteiger partial charge in [-0.1, -0.05) is 0 Å². The molecule has 1 atom stereocenters. The first-order valence-corrected chi connectivity index (χ1v) is 7.43. The van der Waals surface area contributed by atoms with Gasteiger partial charge >= 0.3 is 6.03 Å². The third-order valence-electron chi connectivity index (χ3n) is 3.75. The van der Waals surface area contributed by atoms with Crippen molar-refractivity contribution in [1.82, 2.24) is 5.32 Å². The van der Waals surface area contributed by atoms with Crippen LogP contribution >= 0.6 is 0 Å². The Labute approximate surface area is 137 Å². The van der Waals surface area contributed by atoms with Crippen LogP contribution in [-0.4, -0.2) is 24.5 Å². The van der Waals surface area contributed by atoms with Crippen molar-refractivity contribution in [3.63, 3.8) is 0 Å². The van der Waals surface area contributed by atoms with Gasteiger partial charge in [-0.3, -0.25) is 4.79 Å². The highest BCUT2D eigenvalue weighted by Gasteiger charge is 2.33. The van der Waals surface area contributed by atoms with Gasteiger partial charge in [0.25, 0.3) is 0 Å². The fraction of sp³-hybridized carbons (Fsp3) is 0.176. The van der Waals surface area contributed by atoms with E-state index in [1.54, 1.807) is 0 Å². The highest BCUT2D eigenvalue weighted by atomic mass is 19.1. The number of halogens is 2. The van der Waals surface area contributed by atoms with Crippen molar-refractivity contribution < 1.29 is 18.4 Å². The number of hydrogen-bond acceptors (Lipinski definition) is 2. The minimum Gasteiger partial charge on any atom is -0.326 e. The SMILES string of the molecule is O=C(Nc1ccc(F)cc1)N[C@H]1CCN(c2ccc(F)cc2)C1=O. The molecule has 1 aliphatic heterocycles. The lowest BCUT2D eigenvalue weighted by Crippen LogP contribution is -2.43. The smallest absolute Gasteiger partial charge is 0.319 e. The van der Waals surface area contributed by atoms with Crippen LogP contribution in [0.15, 0.2) is 48.5 Å². The summed E-state index contributed by atoms with van der Waals surface area (Å²) in [7, 11) is 0. The van der Waals surface area contributed by atoms with Crippen LogP contribution in [0.5, 0.6) is 0 Å². The first kappa shape index (κ1) is 15.9. The molecule has 0 aliphatic carbocycles. The Kier molecular flexibility index (Phi) is 4.41. The minimum absolute atomic E-state index is 0.254. The molecule has 0 unspecified atom stereocenters. The summed E-state index contributed by atoms with van der Waals surface area (Å²) in [6.07, 6.45) is 0.451. The first-order valence-electron chi connectivity index (χ1n) is 7.43. The molecule has 5 nitrogen and oxygen atoms in total. The van der Waals surface area contributed by atoms with Crippen LogP contribution in [0.1, 0.15) is 6.42 Å². The van der Waals surface area contributed by atoms with E-state index in [4.69, 9.17) is 0 Å². The molecule has 1 heterocycles. The fourth-order valence-electron chi connectivity index (χ4n) is 2.55. The lowest BCUT2D eigenvalue weighted by Gasteiger charge is -2.17. The monoisotopic (exact) mass is 331 g/mol. The average Bonchev–Trinajstić information content (AvgIpc) is 2.91. The molecule has 0 spiro atoms. The average molecular weight is 331 g/mol. The lowest BCUT2D eigenvalue weighted by atomic mass is 10.2. The summed E-state index contributed by atoms with van der Waals surface area (Å²) in [5.41, 5.74) is 1.01. The molecule has 1 aliphatic rings. The molecule has 0 bridgehead atoms. The van der Waals surface area contributed by atoms with Crippen molar-refractivity contribution in [2.75, 3.05) is 16.8 Å². The van der Waals surface area contributed by atoms with Gasteiger partial charge < -0.3 is 15.5 Å². The van der Waals surface area contributed by atoms with Crippen LogP contribution in [-0.2, 0) is 4.79 Å². The molecule has 0 saturated carbocycles. The number of rotatable bonds is 3. The molecule has 124 valence electrons. The van der Waals surface area contributed by atoms with Gasteiger partial charge in [0.2, 0.25) is 5.91 Å². The Bertz CT molecular complexity index is 747. The van der Waals surface area contributed by atoms with Gasteiger partial charge in [0.15, 0.2) is 0 Å². The van der Waals surface area contributed by atoms with Gasteiger partial charge in [-0.05, 0) is 55.0 Å². The Balaban J connectivity index is 1.60. The van der Waals surface area contributed by atoms with Gasteiger partial charge in [-0.15, -0.1) is 0 Å². The maximum Gasteiger partial charge on any atom is 0.319 e. The molecular formula is C17H15F2N3O2. The topological polar surface area (TPSA) is 61.4 Å². The van der Waals surface area contributed by atoms with E-state index < -0.39 is 17.9 Å². The highest BCUT2D eigenvalue weighted by molar-refractivity contribution is 6.02. The first-order chi connectivity index (χ1) is 11.5. The van der Waals surface area contributed by atoms with E-state index in [1.807, 2.05) is 0 Å². The van der Waals surface area contributed by atoms with E-state index >= 15 is 0 Å². The predicted molar refractivity (Wildman–Crippen MR) is 85.7 cm³/mol. The van der Waals surface area contributed by atoms with Gasteiger partial charge in [0.1, 0.15) is 17.7 Å². The molecule has 3 amide bonds. The molecule has 2 aromatic carbocycles. The van der Waals surface area contributed by atoms with Crippen molar-refractivity contribution in [1.29, 1.82) is 0 Å². The van der Waals surface area contributed by atoms with Crippen LogP contribution < -0.4 is 15.5 Å². The standard InChI is InChI=1S/C17H15F2N3O2/c18-11-1-5-13(6-2-11)20-17(24)21-15-9-10-22(16(15)23)14-7-3-12(19)4-8-14/h1-8,15H,9-10H2,(H2,20,21,24)/t15-/m0/s1. The Morgan fingerprint density at radius 3 is 2.21 bits per heavy atom. The number of anilines is 2. The van der Waals surface area contributed by atoms with Crippen LogP contribution in [0.2, 0.25) is 0 Å². The summed E-state index contributed by atoms with van der Waals surface area (Å²) in [6, 6.07) is 9.72. The second-order valence-electron chi connectivity index (χ2n) is 5.41. The summed E-state index contributed by atoms with van der Waals surface area (Å²) in [5, 5.41) is 5.14. The van der Waals surface area contributed by atoms with Crippen LogP contribution in [0, 0.1) is 11.6 Å². The Hall–Kier alpha value is -2.96. The fourth-order valence-corrected chi connectivity index (χ4v) is 2.55. The van der Waals surface area contributed by atoms with E-state index in [0.29, 0.717) is 24.3 Å². The number of hydrogen-bond donors (Lipinski definition) is 2. The van der Waals surface area contributed by atoms with Crippen molar-refractivity contribution >= 4 is 23.3 Å². The molecule has 0 radical (unpaired) electrons. The van der Waals surface area contributed by atoms with Crippen molar-refractivity contribution in [3.05, 3.63) is 60.2 Å². The van der Waals surface area contributed by atoms with Crippen LogP contribution in [0.4, 0.5) is 25.0 Å². The van der Waals surface area contributed by atoms with Gasteiger partial charge in [0.05, 0.1) is 0 Å². The molecular weight excluding hydrogens is 316 g/mol. The number of urea groups is 1. The maximum absolute atomic E-state index is 13.0. The second kappa shape index (κ2) is 6.66. The van der Waals surface area contributed by atoms with Crippen molar-refractivity contribution in [2.24, 2.45) is 0 Å². The summed E-state index contributed by atoms with van der Waals surface area (Å²) in [5.74, 6) is -1.03. The van der Waals surface area contributed by atoms with Crippen LogP contribution in [0.3, 0.4) is 0 Å². The van der Waals surface area contributed by atoms with Crippen molar-refractivity contribution in [2.45, 2.75) is 12.5 Å². The molecule has 7 heteroatoms. The molecule has 0 aromatic heterocycles. The predicted octanol–water partition coefficient (Wildman–Crippen LogP) is 2.89. The number of amides is 3. The quantitative estimate of drug-likeness (QED) is 0.908. The molecule has 2 N–H and O–H groups in total. The highest BCUT2D eigenvalue weighted by Crippen LogP contribution is 2.22. The zero-order valence-corrected chi connectivity index (χ0v) is 12.6. The van der Waals surface area contributed by atoms with E-state index in [1.165, 1.54) is 53.4 Å². The summed E-state index contributed by atoms with van der Waals surface area (Å²) in [4.78, 5) is 25.8. The number of benzene rings is 2. The molecule has 2 aromatic rings. The van der Waals surface area contributed by atoms with Gasteiger partial charge in [-0.25, -0.2) is 13.6 Å². The van der Waals surface area contributed by atoms with E-state index in [2.05, 4.69) is 10.6 Å². The van der Waals surface area contributed by atoms with Crippen LogP contribution in [0.25, 0.3) is 0 Å². The molecule has 3 rings (SSSR count). The normalized spacial score (nSPS) is 17.0. The third-order valence-corrected chi connectivity index (χ3v) is 3.75. The summed E-state index contributed by atoms with van der Waals surface area (Å²) in [6.45, 7) is 0.436. The van der Waals surface area contributed by atoms with Crippen molar-refractivity contribution in [3.8, 4) is 0 Å². The van der Waals surface area contributed by atoms with Gasteiger partial charge in [0, 0.05) is 17.9 Å². The Morgan fingerprint density at radius 2 is 1.58 bits per heavy atom. The third kappa shape index (κ3) is 3.51. The Morgan fingerprint density at radius 1 is 1.00 bits per heavy atom. The lowest BCUT2D eigenvalue weighted by molar-refractivity contribution is -0.118. The second-order valence-corrected chi connectivity index (χ2v) is 5.41. The number of carbonyl (C=O) groups is 2. The maximum atomic E-state index is 13.0. The summed E-state index contributed by atoms with van der Waals surface area (Å²) < 4.78 is 25.8. The molecule has 1 fully saturated rings. The van der Waals surface area contributed by atoms with Gasteiger partial charge in [-0.2, -0.15) is 0 Å².